The summed E-state index contributed by atoms with van der Waals surface area (Å²) in [6, 6.07) is 10.3. The van der Waals surface area contributed by atoms with Crippen molar-refractivity contribution >= 4 is 12.4 Å². The third-order valence-corrected chi connectivity index (χ3v) is 3.98. The maximum Gasteiger partial charge on any atom is 0.127 e. The van der Waals surface area contributed by atoms with Crippen molar-refractivity contribution in [2.24, 2.45) is 7.05 Å². The van der Waals surface area contributed by atoms with E-state index in [9.17, 15) is 0 Å². The normalized spacial score (nSPS) is 18.5. The van der Waals surface area contributed by atoms with Gasteiger partial charge in [-0.15, -0.1) is 12.4 Å². The lowest BCUT2D eigenvalue weighted by Gasteiger charge is -2.35. The lowest BCUT2D eigenvalue weighted by Crippen LogP contribution is -2.46. The predicted molar refractivity (Wildman–Crippen MR) is 87.6 cm³/mol. The number of aromatic nitrogens is 2. The van der Waals surface area contributed by atoms with E-state index in [1.807, 2.05) is 43.7 Å². The summed E-state index contributed by atoms with van der Waals surface area (Å²) in [5, 5.41) is 12.3. The first-order chi connectivity index (χ1) is 10.3. The smallest absolute Gasteiger partial charge is 0.127 e. The van der Waals surface area contributed by atoms with Crippen molar-refractivity contribution in [1.29, 1.82) is 5.26 Å². The van der Waals surface area contributed by atoms with Crippen molar-refractivity contribution in [3.63, 3.8) is 0 Å². The predicted octanol–water partition coefficient (Wildman–Crippen LogP) is 1.86. The minimum Gasteiger partial charge on any atom is -0.337 e. The summed E-state index contributed by atoms with van der Waals surface area (Å²) in [6.07, 6.45) is 3.84. The third kappa shape index (κ3) is 3.47. The maximum atomic E-state index is 8.87. The number of nitriles is 1. The molecule has 0 radical (unpaired) electrons. The number of rotatable bonds is 3. The SMILES string of the molecule is Cl.Cn1ccnc1C1CNCCN1Cc1ccc(C#N)cc1. The first-order valence-corrected chi connectivity index (χ1v) is 7.19. The van der Waals surface area contributed by atoms with Crippen LogP contribution in [-0.4, -0.2) is 34.1 Å². The monoisotopic (exact) mass is 317 g/mol. The lowest BCUT2D eigenvalue weighted by molar-refractivity contribution is 0.145. The largest absolute Gasteiger partial charge is 0.337 e. The van der Waals surface area contributed by atoms with Crippen LogP contribution in [0.25, 0.3) is 0 Å². The van der Waals surface area contributed by atoms with Crippen LogP contribution in [0.3, 0.4) is 0 Å². The van der Waals surface area contributed by atoms with Gasteiger partial charge < -0.3 is 9.88 Å². The summed E-state index contributed by atoms with van der Waals surface area (Å²) < 4.78 is 2.09. The number of aryl methyl sites for hydroxylation is 1. The van der Waals surface area contributed by atoms with Gasteiger partial charge in [0.05, 0.1) is 17.7 Å². The van der Waals surface area contributed by atoms with Gasteiger partial charge in [-0.3, -0.25) is 4.90 Å². The van der Waals surface area contributed by atoms with E-state index < -0.39 is 0 Å². The van der Waals surface area contributed by atoms with Crippen LogP contribution in [0.5, 0.6) is 0 Å². The maximum absolute atomic E-state index is 8.87. The molecule has 6 heteroatoms. The Morgan fingerprint density at radius 1 is 1.36 bits per heavy atom. The molecule has 0 amide bonds. The van der Waals surface area contributed by atoms with E-state index in [1.165, 1.54) is 5.56 Å². The molecular weight excluding hydrogens is 298 g/mol. The number of benzene rings is 1. The van der Waals surface area contributed by atoms with E-state index in [1.54, 1.807) is 0 Å². The second-order valence-electron chi connectivity index (χ2n) is 5.40. The van der Waals surface area contributed by atoms with Gasteiger partial charge >= 0.3 is 0 Å². The number of nitrogens with zero attached hydrogens (tertiary/aromatic N) is 4. The molecule has 1 fully saturated rings. The Labute approximate surface area is 137 Å². The fourth-order valence-electron chi connectivity index (χ4n) is 2.81. The summed E-state index contributed by atoms with van der Waals surface area (Å²) in [4.78, 5) is 6.94. The summed E-state index contributed by atoms with van der Waals surface area (Å²) >= 11 is 0. The Kier molecular flexibility index (Phi) is 5.56. The standard InChI is InChI=1S/C16H19N5.ClH/c1-20-8-7-19-16(20)15-11-18-6-9-21(15)12-14-4-2-13(10-17)3-5-14;/h2-5,7-8,15,18H,6,9,11-12H2,1H3;1H. The van der Waals surface area contributed by atoms with Crippen molar-refractivity contribution in [3.05, 3.63) is 53.6 Å². The van der Waals surface area contributed by atoms with Gasteiger partial charge in [0.25, 0.3) is 0 Å². The average molecular weight is 318 g/mol. The number of nitrogens with one attached hydrogen (secondary N) is 1. The summed E-state index contributed by atoms with van der Waals surface area (Å²) in [7, 11) is 2.04. The molecule has 1 N–H and O–H groups in total. The van der Waals surface area contributed by atoms with Crippen LogP contribution in [0.15, 0.2) is 36.7 Å². The van der Waals surface area contributed by atoms with Crippen LogP contribution in [-0.2, 0) is 13.6 Å². The van der Waals surface area contributed by atoms with E-state index in [2.05, 4.69) is 25.8 Å². The zero-order chi connectivity index (χ0) is 14.7. The van der Waals surface area contributed by atoms with Gasteiger partial charge in [0.15, 0.2) is 0 Å². The minimum atomic E-state index is 0. The van der Waals surface area contributed by atoms with Gasteiger partial charge in [-0.1, -0.05) is 12.1 Å². The minimum absolute atomic E-state index is 0. The van der Waals surface area contributed by atoms with Gasteiger partial charge in [-0.2, -0.15) is 5.26 Å². The van der Waals surface area contributed by atoms with Crippen molar-refractivity contribution in [2.75, 3.05) is 19.6 Å². The molecule has 0 spiro atoms. The highest BCUT2D eigenvalue weighted by Gasteiger charge is 2.26. The summed E-state index contributed by atoms with van der Waals surface area (Å²) in [5.41, 5.74) is 1.94. The second kappa shape index (κ2) is 7.41. The van der Waals surface area contributed by atoms with Crippen LogP contribution < -0.4 is 5.32 Å². The Hall–Kier alpha value is -1.87. The van der Waals surface area contributed by atoms with Crippen molar-refractivity contribution in [3.8, 4) is 6.07 Å². The third-order valence-electron chi connectivity index (χ3n) is 3.98. The molecule has 0 bridgehead atoms. The van der Waals surface area contributed by atoms with Crippen LogP contribution in [0.2, 0.25) is 0 Å². The molecule has 0 aliphatic carbocycles. The van der Waals surface area contributed by atoms with Gasteiger partial charge in [-0.05, 0) is 17.7 Å². The Bertz CT molecular complexity index is 643. The molecule has 1 atom stereocenters. The highest BCUT2D eigenvalue weighted by atomic mass is 35.5. The quantitative estimate of drug-likeness (QED) is 0.939. The molecule has 0 saturated carbocycles. The van der Waals surface area contributed by atoms with Crippen LogP contribution >= 0.6 is 12.4 Å². The molecule has 5 nitrogen and oxygen atoms in total. The molecule has 1 aliphatic rings. The van der Waals surface area contributed by atoms with Gasteiger partial charge in [0.2, 0.25) is 0 Å². The van der Waals surface area contributed by atoms with Gasteiger partial charge in [0, 0.05) is 45.6 Å². The number of halogens is 1. The molecule has 1 aromatic carbocycles. The molecule has 22 heavy (non-hydrogen) atoms. The Morgan fingerprint density at radius 3 is 2.77 bits per heavy atom. The first-order valence-electron chi connectivity index (χ1n) is 7.19. The zero-order valence-electron chi connectivity index (χ0n) is 12.6. The molecule has 116 valence electrons. The molecule has 1 saturated heterocycles. The van der Waals surface area contributed by atoms with E-state index in [-0.39, 0.29) is 18.4 Å². The molecule has 2 heterocycles. The molecule has 3 rings (SSSR count). The molecule has 1 unspecified atom stereocenters. The first kappa shape index (κ1) is 16.5. The fourth-order valence-corrected chi connectivity index (χ4v) is 2.81. The van der Waals surface area contributed by atoms with Crippen LogP contribution in [0.4, 0.5) is 0 Å². The molecule has 2 aromatic rings. The summed E-state index contributed by atoms with van der Waals surface area (Å²) in [6.45, 7) is 3.79. The fraction of sp³-hybridized carbons (Fsp3) is 0.375. The average Bonchev–Trinajstić information content (AvgIpc) is 2.95. The second-order valence-corrected chi connectivity index (χ2v) is 5.40. The van der Waals surface area contributed by atoms with Crippen molar-refractivity contribution in [2.45, 2.75) is 12.6 Å². The summed E-state index contributed by atoms with van der Waals surface area (Å²) in [5.74, 6) is 1.09. The van der Waals surface area contributed by atoms with Gasteiger partial charge in [0.1, 0.15) is 5.82 Å². The van der Waals surface area contributed by atoms with Crippen molar-refractivity contribution < 1.29 is 0 Å². The van der Waals surface area contributed by atoms with E-state index in [0.717, 1.165) is 32.0 Å². The molecule has 1 aliphatic heterocycles. The number of hydrogen-bond donors (Lipinski definition) is 1. The van der Waals surface area contributed by atoms with Crippen molar-refractivity contribution in [1.82, 2.24) is 19.8 Å². The van der Waals surface area contributed by atoms with E-state index in [4.69, 9.17) is 5.26 Å². The number of imidazole rings is 1. The topological polar surface area (TPSA) is 56.9 Å². The molecule has 1 aromatic heterocycles. The number of hydrogen-bond acceptors (Lipinski definition) is 4. The van der Waals surface area contributed by atoms with Crippen LogP contribution in [0, 0.1) is 11.3 Å². The Morgan fingerprint density at radius 2 is 2.14 bits per heavy atom. The number of piperazine rings is 1. The lowest BCUT2D eigenvalue weighted by atomic mass is 10.1. The zero-order valence-corrected chi connectivity index (χ0v) is 13.4. The van der Waals surface area contributed by atoms with E-state index in [0.29, 0.717) is 5.56 Å². The van der Waals surface area contributed by atoms with E-state index >= 15 is 0 Å². The highest BCUT2D eigenvalue weighted by Crippen LogP contribution is 2.22. The van der Waals surface area contributed by atoms with Crippen LogP contribution in [0.1, 0.15) is 23.0 Å². The van der Waals surface area contributed by atoms with Gasteiger partial charge in [-0.25, -0.2) is 4.98 Å². The highest BCUT2D eigenvalue weighted by molar-refractivity contribution is 5.85. The Balaban J connectivity index is 0.00000176. The molecular formula is C16H20ClN5.